The van der Waals surface area contributed by atoms with Crippen LogP contribution in [0.4, 0.5) is 0 Å². The first kappa shape index (κ1) is 14.8. The van der Waals surface area contributed by atoms with Crippen molar-refractivity contribution in [3.05, 3.63) is 0 Å². The molecule has 116 valence electrons. The Hall–Kier alpha value is -0.120. The molecular formula is C17H32N2O. The molecule has 20 heavy (non-hydrogen) atoms. The average Bonchev–Trinajstić information content (AvgIpc) is 2.96. The minimum Gasteiger partial charge on any atom is -0.375 e. The Kier molecular flexibility index (Phi) is 5.00. The third-order valence-electron chi connectivity index (χ3n) is 6.11. The number of hydrogen-bond donors (Lipinski definition) is 1. The molecular weight excluding hydrogens is 248 g/mol. The highest BCUT2D eigenvalue weighted by atomic mass is 16.5. The minimum absolute atomic E-state index is 0.544. The van der Waals surface area contributed by atoms with Crippen molar-refractivity contribution >= 4 is 0 Å². The largest absolute Gasteiger partial charge is 0.375 e. The van der Waals surface area contributed by atoms with Crippen LogP contribution in [0.1, 0.15) is 51.9 Å². The lowest BCUT2D eigenvalue weighted by atomic mass is 9.76. The second-order valence-corrected chi connectivity index (χ2v) is 7.15. The summed E-state index contributed by atoms with van der Waals surface area (Å²) in [4.78, 5) is 2.77. The first-order valence-electron chi connectivity index (χ1n) is 8.84. The lowest BCUT2D eigenvalue weighted by Crippen LogP contribution is -2.53. The Morgan fingerprint density at radius 3 is 2.90 bits per heavy atom. The van der Waals surface area contributed by atoms with E-state index in [-0.39, 0.29) is 0 Å². The number of nitrogens with zero attached hydrogens (tertiary/aromatic N) is 1. The van der Waals surface area contributed by atoms with E-state index in [4.69, 9.17) is 4.74 Å². The van der Waals surface area contributed by atoms with Crippen LogP contribution in [0.3, 0.4) is 0 Å². The van der Waals surface area contributed by atoms with Gasteiger partial charge in [-0.3, -0.25) is 4.90 Å². The van der Waals surface area contributed by atoms with Gasteiger partial charge in [-0.05, 0) is 57.4 Å². The van der Waals surface area contributed by atoms with Crippen LogP contribution >= 0.6 is 0 Å². The molecule has 0 bridgehead atoms. The molecule has 5 atom stereocenters. The maximum atomic E-state index is 5.96. The zero-order valence-electron chi connectivity index (χ0n) is 13.3. The first-order chi connectivity index (χ1) is 9.81. The molecule has 0 radical (unpaired) electrons. The maximum absolute atomic E-state index is 5.96. The van der Waals surface area contributed by atoms with Crippen LogP contribution in [-0.4, -0.2) is 49.8 Å². The van der Waals surface area contributed by atoms with Gasteiger partial charge < -0.3 is 10.1 Å². The van der Waals surface area contributed by atoms with E-state index >= 15 is 0 Å². The van der Waals surface area contributed by atoms with Crippen molar-refractivity contribution in [3.63, 3.8) is 0 Å². The molecule has 1 aliphatic heterocycles. The van der Waals surface area contributed by atoms with Gasteiger partial charge in [0.1, 0.15) is 0 Å². The molecule has 3 rings (SSSR count). The average molecular weight is 280 g/mol. The van der Waals surface area contributed by atoms with Crippen molar-refractivity contribution in [2.24, 2.45) is 11.8 Å². The fourth-order valence-electron chi connectivity index (χ4n) is 4.85. The monoisotopic (exact) mass is 280 g/mol. The van der Waals surface area contributed by atoms with E-state index in [1.54, 1.807) is 0 Å². The van der Waals surface area contributed by atoms with Crippen molar-refractivity contribution in [2.75, 3.05) is 26.7 Å². The van der Waals surface area contributed by atoms with E-state index in [0.29, 0.717) is 6.10 Å². The number of fused-ring (bicyclic) bond motifs is 1. The zero-order chi connectivity index (χ0) is 13.9. The zero-order valence-corrected chi connectivity index (χ0v) is 13.3. The molecule has 0 spiro atoms. The number of nitrogens with one attached hydrogen (secondary N) is 1. The Morgan fingerprint density at radius 2 is 2.10 bits per heavy atom. The summed E-state index contributed by atoms with van der Waals surface area (Å²) in [7, 11) is 2.15. The molecule has 3 nitrogen and oxygen atoms in total. The van der Waals surface area contributed by atoms with E-state index in [0.717, 1.165) is 37.1 Å². The summed E-state index contributed by atoms with van der Waals surface area (Å²) >= 11 is 0. The third kappa shape index (κ3) is 3.05. The molecule has 1 saturated heterocycles. The lowest BCUT2D eigenvalue weighted by molar-refractivity contribution is -0.0641. The SMILES string of the molecule is CCC1CCC(NC)C(CN2CCOC3CCCC32)C1. The molecule has 5 unspecified atom stereocenters. The van der Waals surface area contributed by atoms with Crippen LogP contribution in [0.25, 0.3) is 0 Å². The normalized spacial score (nSPS) is 42.6. The van der Waals surface area contributed by atoms with Crippen molar-refractivity contribution in [1.82, 2.24) is 10.2 Å². The molecule has 0 aromatic carbocycles. The second kappa shape index (κ2) is 6.76. The van der Waals surface area contributed by atoms with Crippen LogP contribution in [0.5, 0.6) is 0 Å². The summed E-state index contributed by atoms with van der Waals surface area (Å²) in [5.41, 5.74) is 0. The summed E-state index contributed by atoms with van der Waals surface area (Å²) in [6.45, 7) is 5.77. The van der Waals surface area contributed by atoms with E-state index in [9.17, 15) is 0 Å². The van der Waals surface area contributed by atoms with Gasteiger partial charge in [-0.2, -0.15) is 0 Å². The van der Waals surface area contributed by atoms with E-state index in [1.807, 2.05) is 0 Å². The second-order valence-electron chi connectivity index (χ2n) is 7.15. The summed E-state index contributed by atoms with van der Waals surface area (Å²) in [5.74, 6) is 1.81. The van der Waals surface area contributed by atoms with Gasteiger partial charge in [-0.15, -0.1) is 0 Å². The molecule has 1 heterocycles. The predicted molar refractivity (Wildman–Crippen MR) is 82.9 cm³/mol. The van der Waals surface area contributed by atoms with E-state index in [2.05, 4.69) is 24.2 Å². The molecule has 3 heteroatoms. The smallest absolute Gasteiger partial charge is 0.0730 e. The molecule has 2 aliphatic carbocycles. The van der Waals surface area contributed by atoms with Gasteiger partial charge in [0.15, 0.2) is 0 Å². The highest BCUT2D eigenvalue weighted by Gasteiger charge is 2.38. The van der Waals surface area contributed by atoms with Crippen LogP contribution in [0.2, 0.25) is 0 Å². The predicted octanol–water partition coefficient (Wildman–Crippen LogP) is 2.65. The summed E-state index contributed by atoms with van der Waals surface area (Å²) < 4.78 is 5.96. The fraction of sp³-hybridized carbons (Fsp3) is 1.00. The van der Waals surface area contributed by atoms with Gasteiger partial charge in [0.2, 0.25) is 0 Å². The van der Waals surface area contributed by atoms with E-state index in [1.165, 1.54) is 51.5 Å². The van der Waals surface area contributed by atoms with Crippen LogP contribution < -0.4 is 5.32 Å². The molecule has 3 aliphatic rings. The van der Waals surface area contributed by atoms with Crippen molar-refractivity contribution < 1.29 is 4.74 Å². The Morgan fingerprint density at radius 1 is 1.20 bits per heavy atom. The van der Waals surface area contributed by atoms with Gasteiger partial charge in [0, 0.05) is 25.2 Å². The Labute approximate surface area is 124 Å². The topological polar surface area (TPSA) is 24.5 Å². The number of hydrogen-bond acceptors (Lipinski definition) is 3. The minimum atomic E-state index is 0.544. The van der Waals surface area contributed by atoms with Crippen molar-refractivity contribution in [2.45, 2.75) is 70.1 Å². The van der Waals surface area contributed by atoms with Gasteiger partial charge in [-0.1, -0.05) is 13.3 Å². The lowest BCUT2D eigenvalue weighted by Gasteiger charge is -2.43. The Bertz CT molecular complexity index is 309. The van der Waals surface area contributed by atoms with Gasteiger partial charge in [0.05, 0.1) is 12.7 Å². The molecule has 0 amide bonds. The first-order valence-corrected chi connectivity index (χ1v) is 8.84. The Balaban J connectivity index is 1.61. The highest BCUT2D eigenvalue weighted by molar-refractivity contribution is 4.93. The quantitative estimate of drug-likeness (QED) is 0.857. The fourth-order valence-corrected chi connectivity index (χ4v) is 4.85. The molecule has 3 fully saturated rings. The van der Waals surface area contributed by atoms with Crippen molar-refractivity contribution in [1.29, 1.82) is 0 Å². The molecule has 0 aromatic rings. The van der Waals surface area contributed by atoms with Gasteiger partial charge in [0.25, 0.3) is 0 Å². The van der Waals surface area contributed by atoms with Gasteiger partial charge >= 0.3 is 0 Å². The molecule has 2 saturated carbocycles. The number of ether oxygens (including phenoxy) is 1. The maximum Gasteiger partial charge on any atom is 0.0730 e. The number of rotatable bonds is 4. The summed E-state index contributed by atoms with van der Waals surface area (Å²) in [5, 5.41) is 3.59. The summed E-state index contributed by atoms with van der Waals surface area (Å²) in [6.07, 6.45) is 10.1. The van der Waals surface area contributed by atoms with Gasteiger partial charge in [-0.25, -0.2) is 0 Å². The number of morpholine rings is 1. The van der Waals surface area contributed by atoms with Crippen LogP contribution in [0, 0.1) is 11.8 Å². The van der Waals surface area contributed by atoms with E-state index < -0.39 is 0 Å². The van der Waals surface area contributed by atoms with Crippen LogP contribution in [-0.2, 0) is 4.74 Å². The standard InChI is InChI=1S/C17H32N2O/c1-3-13-7-8-15(18-2)14(11-13)12-19-9-10-20-17-6-4-5-16(17)19/h13-18H,3-12H2,1-2H3. The highest BCUT2D eigenvalue weighted by Crippen LogP contribution is 2.35. The van der Waals surface area contributed by atoms with Crippen LogP contribution in [0.15, 0.2) is 0 Å². The summed E-state index contributed by atoms with van der Waals surface area (Å²) in [6, 6.07) is 1.46. The molecule has 1 N–H and O–H groups in total. The third-order valence-corrected chi connectivity index (χ3v) is 6.11. The molecule has 0 aromatic heterocycles. The van der Waals surface area contributed by atoms with Crippen molar-refractivity contribution in [3.8, 4) is 0 Å².